The number of pyridine rings is 1. The quantitative estimate of drug-likeness (QED) is 0.462. The summed E-state index contributed by atoms with van der Waals surface area (Å²) in [6.07, 6.45) is 3.33. The van der Waals surface area contributed by atoms with E-state index in [9.17, 15) is 9.18 Å². The van der Waals surface area contributed by atoms with Gasteiger partial charge in [0, 0.05) is 23.7 Å². The van der Waals surface area contributed by atoms with Gasteiger partial charge in [-0.3, -0.25) is 9.78 Å². The highest BCUT2D eigenvalue weighted by atomic mass is 19.1. The minimum atomic E-state index is -0.630. The van der Waals surface area contributed by atoms with Crippen LogP contribution in [-0.2, 0) is 4.79 Å². The van der Waals surface area contributed by atoms with E-state index in [1.54, 1.807) is 55.4 Å². The van der Waals surface area contributed by atoms with E-state index >= 15 is 0 Å². The maximum atomic E-state index is 13.7. The molecule has 0 saturated heterocycles. The molecule has 2 aromatic heterocycles. The number of carbonyl (C=O) groups is 1. The fraction of sp³-hybridized carbons (Fsp3) is 0.120. The largest absolute Gasteiger partial charge is 0.495 e. The molecule has 2 N–H and O–H groups in total. The van der Waals surface area contributed by atoms with Gasteiger partial charge in [0.2, 0.25) is 5.95 Å². The van der Waals surface area contributed by atoms with Crippen LogP contribution in [-0.4, -0.2) is 32.8 Å². The molecule has 0 bridgehead atoms. The van der Waals surface area contributed by atoms with Crippen molar-refractivity contribution in [1.29, 1.82) is 0 Å². The van der Waals surface area contributed by atoms with E-state index in [1.807, 2.05) is 24.3 Å². The second-order valence-electron chi connectivity index (χ2n) is 7.71. The van der Waals surface area contributed by atoms with Gasteiger partial charge in [-0.15, -0.1) is 5.10 Å². The van der Waals surface area contributed by atoms with Gasteiger partial charge in [-0.05, 0) is 48.9 Å². The lowest BCUT2D eigenvalue weighted by molar-refractivity contribution is -0.113. The Morgan fingerprint density at radius 1 is 1.09 bits per heavy atom. The van der Waals surface area contributed by atoms with Crippen molar-refractivity contribution in [3.63, 3.8) is 0 Å². The number of rotatable bonds is 5. The van der Waals surface area contributed by atoms with E-state index in [1.165, 1.54) is 12.1 Å². The molecule has 170 valence electrons. The number of benzene rings is 2. The first-order chi connectivity index (χ1) is 16.5. The second kappa shape index (κ2) is 8.78. The lowest BCUT2D eigenvalue weighted by Gasteiger charge is -2.28. The van der Waals surface area contributed by atoms with Crippen molar-refractivity contribution in [2.24, 2.45) is 0 Å². The van der Waals surface area contributed by atoms with Crippen molar-refractivity contribution in [1.82, 2.24) is 19.7 Å². The number of nitrogens with zero attached hydrogens (tertiary/aromatic N) is 4. The van der Waals surface area contributed by atoms with Crippen LogP contribution in [0.15, 0.2) is 84.3 Å². The highest BCUT2D eigenvalue weighted by Crippen LogP contribution is 2.37. The second-order valence-corrected chi connectivity index (χ2v) is 7.71. The first kappa shape index (κ1) is 21.3. The summed E-state index contributed by atoms with van der Waals surface area (Å²) in [6.45, 7) is 1.80. The summed E-state index contributed by atoms with van der Waals surface area (Å²) >= 11 is 0. The molecule has 1 aliphatic rings. The molecule has 0 saturated carbocycles. The van der Waals surface area contributed by atoms with E-state index in [2.05, 4.69) is 20.6 Å². The Labute approximate surface area is 195 Å². The number of fused-ring (bicyclic) bond motifs is 1. The lowest BCUT2D eigenvalue weighted by atomic mass is 9.95. The summed E-state index contributed by atoms with van der Waals surface area (Å²) < 4.78 is 20.7. The van der Waals surface area contributed by atoms with Gasteiger partial charge in [-0.25, -0.2) is 9.07 Å². The normalized spacial score (nSPS) is 14.9. The Kier molecular flexibility index (Phi) is 5.51. The fourth-order valence-corrected chi connectivity index (χ4v) is 3.96. The molecule has 2 aromatic carbocycles. The Balaban J connectivity index is 1.60. The van der Waals surface area contributed by atoms with Crippen molar-refractivity contribution in [2.45, 2.75) is 13.0 Å². The van der Waals surface area contributed by atoms with Gasteiger partial charge in [0.05, 0.1) is 18.4 Å². The molecule has 8 nitrogen and oxygen atoms in total. The van der Waals surface area contributed by atoms with Crippen LogP contribution < -0.4 is 15.4 Å². The molecule has 0 spiro atoms. The highest BCUT2D eigenvalue weighted by Gasteiger charge is 2.34. The van der Waals surface area contributed by atoms with Crippen LogP contribution in [0.3, 0.4) is 0 Å². The fourth-order valence-electron chi connectivity index (χ4n) is 3.96. The maximum Gasteiger partial charge on any atom is 0.255 e. The molecule has 1 aliphatic heterocycles. The Bertz CT molecular complexity index is 1380. The molecule has 3 heterocycles. The first-order valence-corrected chi connectivity index (χ1v) is 10.6. The third kappa shape index (κ3) is 3.88. The van der Waals surface area contributed by atoms with Crippen molar-refractivity contribution in [3.8, 4) is 17.1 Å². The molecule has 0 fully saturated rings. The molecular weight excluding hydrogens is 435 g/mol. The average molecular weight is 456 g/mol. The molecule has 4 aromatic rings. The molecular formula is C25H21FN6O2. The minimum absolute atomic E-state index is 0.338. The Morgan fingerprint density at radius 3 is 2.56 bits per heavy atom. The summed E-state index contributed by atoms with van der Waals surface area (Å²) in [6, 6.07) is 16.2. The molecule has 1 unspecified atom stereocenters. The van der Waals surface area contributed by atoms with Crippen LogP contribution >= 0.6 is 0 Å². The molecule has 0 aliphatic carbocycles. The van der Waals surface area contributed by atoms with E-state index in [0.29, 0.717) is 40.0 Å². The van der Waals surface area contributed by atoms with Crippen LogP contribution in [0, 0.1) is 5.82 Å². The molecule has 9 heteroatoms. The number of methoxy groups -OCH3 is 1. The number of amides is 1. The van der Waals surface area contributed by atoms with Crippen molar-refractivity contribution >= 4 is 17.5 Å². The predicted molar refractivity (Wildman–Crippen MR) is 126 cm³/mol. The molecule has 0 radical (unpaired) electrons. The van der Waals surface area contributed by atoms with Crippen molar-refractivity contribution in [2.75, 3.05) is 17.7 Å². The SMILES string of the molecule is COc1ccccc1NC(=O)C1=C(C)Nc2nc(-c3ccncc3)nn2C1c1ccc(F)cc1. The van der Waals surface area contributed by atoms with Gasteiger partial charge in [0.1, 0.15) is 17.6 Å². The standard InChI is InChI=1S/C25H21FN6O2/c1-15-21(24(33)29-19-5-3-4-6-20(19)34-2)22(16-7-9-18(26)10-8-16)32-25(28-15)30-23(31-32)17-11-13-27-14-12-17/h3-14,22H,1-2H3,(H,29,33)(H,28,30,31). The zero-order chi connectivity index (χ0) is 23.7. The third-order valence-electron chi connectivity index (χ3n) is 5.58. The van der Waals surface area contributed by atoms with Crippen molar-refractivity contribution < 1.29 is 13.9 Å². The predicted octanol–water partition coefficient (Wildman–Crippen LogP) is 4.42. The lowest BCUT2D eigenvalue weighted by Crippen LogP contribution is -2.31. The zero-order valence-corrected chi connectivity index (χ0v) is 18.5. The van der Waals surface area contributed by atoms with Crippen molar-refractivity contribution in [3.05, 3.63) is 95.7 Å². The number of halogens is 1. The number of para-hydroxylation sites is 2. The van der Waals surface area contributed by atoms with Crippen LogP contribution in [0.1, 0.15) is 18.5 Å². The topological polar surface area (TPSA) is 94.0 Å². The highest BCUT2D eigenvalue weighted by molar-refractivity contribution is 6.06. The third-order valence-corrected chi connectivity index (χ3v) is 5.58. The van der Waals surface area contributed by atoms with E-state index in [-0.39, 0.29) is 11.7 Å². The number of carbonyl (C=O) groups excluding carboxylic acids is 1. The molecule has 34 heavy (non-hydrogen) atoms. The van der Waals surface area contributed by atoms with Gasteiger partial charge >= 0.3 is 0 Å². The van der Waals surface area contributed by atoms with E-state index < -0.39 is 6.04 Å². The van der Waals surface area contributed by atoms with Crippen LogP contribution in [0.4, 0.5) is 16.0 Å². The number of ether oxygens (including phenoxy) is 1. The average Bonchev–Trinajstić information content (AvgIpc) is 3.28. The number of allylic oxidation sites excluding steroid dienone is 1. The zero-order valence-electron chi connectivity index (χ0n) is 18.5. The van der Waals surface area contributed by atoms with E-state index in [4.69, 9.17) is 9.84 Å². The number of aromatic nitrogens is 4. The van der Waals surface area contributed by atoms with Gasteiger partial charge < -0.3 is 15.4 Å². The Morgan fingerprint density at radius 2 is 1.82 bits per heavy atom. The minimum Gasteiger partial charge on any atom is -0.495 e. The van der Waals surface area contributed by atoms with Gasteiger partial charge in [0.15, 0.2) is 5.82 Å². The summed E-state index contributed by atoms with van der Waals surface area (Å²) in [5, 5.41) is 10.8. The van der Waals surface area contributed by atoms with E-state index in [0.717, 1.165) is 5.56 Å². The first-order valence-electron chi connectivity index (χ1n) is 10.6. The summed E-state index contributed by atoms with van der Waals surface area (Å²) in [5.74, 6) is 0.798. The van der Waals surface area contributed by atoms with Gasteiger partial charge in [-0.2, -0.15) is 4.98 Å². The van der Waals surface area contributed by atoms with Crippen LogP contribution in [0.5, 0.6) is 5.75 Å². The van der Waals surface area contributed by atoms with Crippen LogP contribution in [0.2, 0.25) is 0 Å². The summed E-state index contributed by atoms with van der Waals surface area (Å²) in [5.41, 5.74) is 3.06. The van der Waals surface area contributed by atoms with Gasteiger partial charge in [-0.1, -0.05) is 24.3 Å². The van der Waals surface area contributed by atoms with Gasteiger partial charge in [0.25, 0.3) is 5.91 Å². The molecule has 5 rings (SSSR count). The molecule has 1 amide bonds. The molecule has 1 atom stereocenters. The monoisotopic (exact) mass is 456 g/mol. The summed E-state index contributed by atoms with van der Waals surface area (Å²) in [7, 11) is 1.54. The smallest absolute Gasteiger partial charge is 0.255 e. The number of hydrogen-bond acceptors (Lipinski definition) is 6. The number of anilines is 2. The maximum absolute atomic E-state index is 13.7. The number of nitrogens with one attached hydrogen (secondary N) is 2. The Hall–Kier alpha value is -4.53. The number of hydrogen-bond donors (Lipinski definition) is 2. The summed E-state index contributed by atoms with van der Waals surface area (Å²) in [4.78, 5) is 22.2. The van der Waals surface area contributed by atoms with Crippen LogP contribution in [0.25, 0.3) is 11.4 Å².